The van der Waals surface area contributed by atoms with Crippen LogP contribution in [0.3, 0.4) is 0 Å². The zero-order valence-corrected chi connectivity index (χ0v) is 20.0. The zero-order valence-electron chi connectivity index (χ0n) is 20.0. The van der Waals surface area contributed by atoms with Gasteiger partial charge in [0.15, 0.2) is 0 Å². The monoisotopic (exact) mass is 451 g/mol. The Bertz CT molecular complexity index is 1060. The lowest BCUT2D eigenvalue weighted by molar-refractivity contribution is -0.157. The van der Waals surface area contributed by atoms with E-state index in [1.54, 1.807) is 18.3 Å². The van der Waals surface area contributed by atoms with Crippen molar-refractivity contribution >= 4 is 12.2 Å². The van der Waals surface area contributed by atoms with Gasteiger partial charge >= 0.3 is 5.97 Å². The molecule has 2 aromatic rings. The number of benzene rings is 2. The van der Waals surface area contributed by atoms with E-state index in [1.807, 2.05) is 6.92 Å². The maximum absolute atomic E-state index is 13.1. The molecule has 1 fully saturated rings. The molecule has 0 saturated heterocycles. The minimum Gasteiger partial charge on any atom is -0.481 e. The summed E-state index contributed by atoms with van der Waals surface area (Å²) < 4.78 is 13.1. The van der Waals surface area contributed by atoms with Crippen LogP contribution in [0.4, 0.5) is 4.39 Å². The predicted molar refractivity (Wildman–Crippen MR) is 128 cm³/mol. The average Bonchev–Trinajstić information content (AvgIpc) is 2.77. The van der Waals surface area contributed by atoms with Gasteiger partial charge in [0.1, 0.15) is 12.4 Å². The van der Waals surface area contributed by atoms with Crippen LogP contribution in [0.1, 0.15) is 87.1 Å². The number of carbonyl (C=O) groups is 1. The molecule has 176 valence electrons. The van der Waals surface area contributed by atoms with Crippen LogP contribution in [0.5, 0.6) is 0 Å². The second-order valence-electron chi connectivity index (χ2n) is 10.5. The largest absolute Gasteiger partial charge is 0.481 e. The van der Waals surface area contributed by atoms with E-state index >= 15 is 0 Å². The third-order valence-corrected chi connectivity index (χ3v) is 8.08. The number of carboxylic acids is 1. The van der Waals surface area contributed by atoms with Gasteiger partial charge in [-0.15, -0.1) is 0 Å². The molecule has 1 N–H and O–H groups in total. The van der Waals surface area contributed by atoms with Gasteiger partial charge in [-0.05, 0) is 95.9 Å². The third kappa shape index (κ3) is 4.30. The fourth-order valence-corrected chi connectivity index (χ4v) is 6.21. The standard InChI is InChI=1S/C28H34FNO3/c1-18(2)23-14-20-8-11-25-27(3,12-5-13-28(25,4)26(31)32)24(20)15-21(23)16-30-33-17-19-6-9-22(29)10-7-19/h6-7,9-10,14-16,18,25H,5,8,11-13,17H2,1-4H3,(H,31,32)/b30-16+/t25?,27-,28?/m1/s1. The van der Waals surface area contributed by atoms with E-state index in [0.29, 0.717) is 5.92 Å². The first-order chi connectivity index (χ1) is 15.6. The Balaban J connectivity index is 1.65. The lowest BCUT2D eigenvalue weighted by atomic mass is 9.49. The van der Waals surface area contributed by atoms with Crippen molar-refractivity contribution in [2.24, 2.45) is 16.5 Å². The highest BCUT2D eigenvalue weighted by atomic mass is 19.1. The van der Waals surface area contributed by atoms with E-state index in [4.69, 9.17) is 4.84 Å². The Morgan fingerprint density at radius 3 is 2.64 bits per heavy atom. The number of hydrogen-bond donors (Lipinski definition) is 1. The summed E-state index contributed by atoms with van der Waals surface area (Å²) >= 11 is 0. The molecule has 0 bridgehead atoms. The van der Waals surface area contributed by atoms with E-state index in [9.17, 15) is 14.3 Å². The molecule has 33 heavy (non-hydrogen) atoms. The van der Waals surface area contributed by atoms with Gasteiger partial charge in [-0.1, -0.05) is 50.5 Å². The van der Waals surface area contributed by atoms with Crippen molar-refractivity contribution in [3.8, 4) is 0 Å². The summed E-state index contributed by atoms with van der Waals surface area (Å²) in [4.78, 5) is 17.8. The van der Waals surface area contributed by atoms with E-state index in [2.05, 4.69) is 38.1 Å². The van der Waals surface area contributed by atoms with Crippen molar-refractivity contribution in [3.63, 3.8) is 0 Å². The zero-order chi connectivity index (χ0) is 23.8. The summed E-state index contributed by atoms with van der Waals surface area (Å²) in [6, 6.07) is 10.7. The second-order valence-corrected chi connectivity index (χ2v) is 10.5. The van der Waals surface area contributed by atoms with Crippen molar-refractivity contribution < 1.29 is 19.1 Å². The fraction of sp³-hybridized carbons (Fsp3) is 0.500. The van der Waals surface area contributed by atoms with Gasteiger partial charge in [-0.2, -0.15) is 0 Å². The highest BCUT2D eigenvalue weighted by Crippen LogP contribution is 2.57. The summed E-state index contributed by atoms with van der Waals surface area (Å²) in [6.45, 7) is 8.82. The minimum atomic E-state index is -0.687. The van der Waals surface area contributed by atoms with Gasteiger partial charge in [0.2, 0.25) is 0 Å². The molecule has 0 aromatic heterocycles. The summed E-state index contributed by atoms with van der Waals surface area (Å²) in [7, 11) is 0. The van der Waals surface area contributed by atoms with E-state index in [0.717, 1.165) is 43.2 Å². The van der Waals surface area contributed by atoms with Crippen LogP contribution in [0.15, 0.2) is 41.6 Å². The molecule has 0 heterocycles. The summed E-state index contributed by atoms with van der Waals surface area (Å²) in [5.41, 5.74) is 4.87. The van der Waals surface area contributed by atoms with Gasteiger partial charge in [0, 0.05) is 0 Å². The number of aryl methyl sites for hydroxylation is 1. The van der Waals surface area contributed by atoms with Crippen LogP contribution >= 0.6 is 0 Å². The van der Waals surface area contributed by atoms with Crippen molar-refractivity contribution in [2.75, 3.05) is 0 Å². The van der Waals surface area contributed by atoms with Gasteiger partial charge in [0.05, 0.1) is 11.6 Å². The molecule has 3 atom stereocenters. The van der Waals surface area contributed by atoms with Crippen LogP contribution < -0.4 is 0 Å². The maximum Gasteiger partial charge on any atom is 0.309 e. The molecule has 1 saturated carbocycles. The Morgan fingerprint density at radius 2 is 1.97 bits per heavy atom. The lowest BCUT2D eigenvalue weighted by Crippen LogP contribution is -2.52. The first-order valence-electron chi connectivity index (χ1n) is 12.0. The van der Waals surface area contributed by atoms with E-state index in [-0.39, 0.29) is 23.8 Å². The highest BCUT2D eigenvalue weighted by molar-refractivity contribution is 5.83. The Morgan fingerprint density at radius 1 is 1.24 bits per heavy atom. The number of aliphatic carboxylic acids is 1. The molecular weight excluding hydrogens is 417 g/mol. The van der Waals surface area contributed by atoms with Crippen LogP contribution in [0, 0.1) is 17.2 Å². The maximum atomic E-state index is 13.1. The van der Waals surface area contributed by atoms with E-state index < -0.39 is 11.4 Å². The van der Waals surface area contributed by atoms with Crippen LogP contribution in [0.25, 0.3) is 0 Å². The third-order valence-electron chi connectivity index (χ3n) is 8.08. The van der Waals surface area contributed by atoms with Crippen LogP contribution in [-0.4, -0.2) is 17.3 Å². The molecule has 2 aliphatic rings. The first kappa shape index (κ1) is 23.5. The predicted octanol–water partition coefficient (Wildman–Crippen LogP) is 6.59. The summed E-state index contributed by atoms with van der Waals surface area (Å²) in [5, 5.41) is 14.3. The quantitative estimate of drug-likeness (QED) is 0.398. The Hall–Kier alpha value is -2.69. The summed E-state index contributed by atoms with van der Waals surface area (Å²) in [5.74, 6) is -0.494. The smallest absolute Gasteiger partial charge is 0.309 e. The molecule has 2 aromatic carbocycles. The second kappa shape index (κ2) is 8.92. The normalized spacial score (nSPS) is 26.8. The molecule has 2 unspecified atom stereocenters. The number of oxime groups is 1. The number of nitrogens with zero attached hydrogens (tertiary/aromatic N) is 1. The topological polar surface area (TPSA) is 58.9 Å². The van der Waals surface area contributed by atoms with Gasteiger partial charge in [-0.25, -0.2) is 4.39 Å². The molecule has 0 spiro atoms. The molecule has 4 rings (SSSR count). The molecule has 0 radical (unpaired) electrons. The first-order valence-corrected chi connectivity index (χ1v) is 12.0. The van der Waals surface area contributed by atoms with Crippen molar-refractivity contribution in [2.45, 2.75) is 77.7 Å². The molecule has 5 heteroatoms. The van der Waals surface area contributed by atoms with Crippen molar-refractivity contribution in [1.82, 2.24) is 0 Å². The summed E-state index contributed by atoms with van der Waals surface area (Å²) in [6.07, 6.45) is 6.27. The van der Waals surface area contributed by atoms with E-state index in [1.165, 1.54) is 28.8 Å². The Kier molecular flexibility index (Phi) is 6.35. The van der Waals surface area contributed by atoms with Gasteiger partial charge in [0.25, 0.3) is 0 Å². The number of hydrogen-bond acceptors (Lipinski definition) is 3. The molecule has 0 aliphatic heterocycles. The van der Waals surface area contributed by atoms with Gasteiger partial charge in [-0.3, -0.25) is 4.79 Å². The Labute approximate surface area is 195 Å². The molecule has 4 nitrogen and oxygen atoms in total. The number of halogens is 1. The SMILES string of the molecule is CC(C)c1cc2c(cc1/C=N/OCc1ccc(F)cc1)[C@@]1(C)CCCC(C)(C(=O)O)C1CC2. The molecule has 0 amide bonds. The highest BCUT2D eigenvalue weighted by Gasteiger charge is 2.55. The number of fused-ring (bicyclic) bond motifs is 3. The minimum absolute atomic E-state index is 0.119. The van der Waals surface area contributed by atoms with Crippen LogP contribution in [-0.2, 0) is 28.1 Å². The van der Waals surface area contributed by atoms with Crippen LogP contribution in [0.2, 0.25) is 0 Å². The van der Waals surface area contributed by atoms with Gasteiger partial charge < -0.3 is 9.94 Å². The molecular formula is C28H34FNO3. The molecule has 2 aliphatic carbocycles. The van der Waals surface area contributed by atoms with Crippen molar-refractivity contribution in [1.29, 1.82) is 0 Å². The fourth-order valence-electron chi connectivity index (χ4n) is 6.21. The lowest BCUT2D eigenvalue weighted by Gasteiger charge is -2.53. The number of carboxylic acid groups (broad SMARTS) is 1. The number of rotatable bonds is 6. The average molecular weight is 452 g/mol. The van der Waals surface area contributed by atoms with Crippen molar-refractivity contribution in [3.05, 3.63) is 70.0 Å².